The highest BCUT2D eigenvalue weighted by Crippen LogP contribution is 2.27. The lowest BCUT2D eigenvalue weighted by atomic mass is 9.97. The van der Waals surface area contributed by atoms with E-state index >= 15 is 0 Å². The lowest BCUT2D eigenvalue weighted by molar-refractivity contribution is 0.229. The molecule has 102 valence electrons. The minimum absolute atomic E-state index is 0.0471. The number of benzene rings is 1. The third-order valence-corrected chi connectivity index (χ3v) is 3.19. The van der Waals surface area contributed by atoms with Crippen LogP contribution in [-0.4, -0.2) is 35.6 Å². The molecule has 0 bridgehead atoms. The van der Waals surface area contributed by atoms with Gasteiger partial charge in [-0.1, -0.05) is 0 Å². The van der Waals surface area contributed by atoms with E-state index in [0.29, 0.717) is 13.0 Å². The molecule has 1 unspecified atom stereocenters. The number of rotatable bonds is 6. The number of nitrogens with two attached hydrogens (primary N) is 1. The van der Waals surface area contributed by atoms with Crippen LogP contribution in [-0.2, 0) is 6.42 Å². The zero-order valence-corrected chi connectivity index (χ0v) is 11.0. The van der Waals surface area contributed by atoms with Crippen LogP contribution in [0.15, 0.2) is 30.5 Å². The monoisotopic (exact) mass is 261 g/mol. The van der Waals surface area contributed by atoms with Gasteiger partial charge in [0.2, 0.25) is 0 Å². The SMILES string of the molecule is COc1ccc(-c2ccn[nH]2)cc1CC(CN)CO. The Morgan fingerprint density at radius 3 is 2.84 bits per heavy atom. The van der Waals surface area contributed by atoms with Gasteiger partial charge >= 0.3 is 0 Å². The van der Waals surface area contributed by atoms with E-state index in [9.17, 15) is 5.11 Å². The standard InChI is InChI=1S/C14H19N3O2/c1-19-14-3-2-11(13-4-5-16-17-13)7-12(14)6-10(8-15)9-18/h2-5,7,10,18H,6,8-9,15H2,1H3,(H,16,17). The average molecular weight is 261 g/mol. The van der Waals surface area contributed by atoms with Gasteiger partial charge < -0.3 is 15.6 Å². The second-order valence-corrected chi connectivity index (χ2v) is 4.49. The summed E-state index contributed by atoms with van der Waals surface area (Å²) in [5.41, 5.74) is 8.68. The first kappa shape index (κ1) is 13.6. The van der Waals surface area contributed by atoms with Gasteiger partial charge in [-0.3, -0.25) is 5.10 Å². The lowest BCUT2D eigenvalue weighted by Crippen LogP contribution is -2.20. The quantitative estimate of drug-likeness (QED) is 0.729. The van der Waals surface area contributed by atoms with E-state index in [-0.39, 0.29) is 12.5 Å². The summed E-state index contributed by atoms with van der Waals surface area (Å²) in [6.45, 7) is 0.530. The van der Waals surface area contributed by atoms with Gasteiger partial charge in [0.05, 0.1) is 12.8 Å². The van der Waals surface area contributed by atoms with Crippen molar-refractivity contribution in [1.82, 2.24) is 10.2 Å². The van der Waals surface area contributed by atoms with Crippen LogP contribution >= 0.6 is 0 Å². The number of H-pyrrole nitrogens is 1. The Bertz CT molecular complexity index is 507. The van der Waals surface area contributed by atoms with E-state index in [4.69, 9.17) is 10.5 Å². The summed E-state index contributed by atoms with van der Waals surface area (Å²) in [6, 6.07) is 7.87. The molecule has 1 atom stereocenters. The highest BCUT2D eigenvalue weighted by molar-refractivity contribution is 5.61. The maximum atomic E-state index is 9.27. The third kappa shape index (κ3) is 3.13. The fourth-order valence-electron chi connectivity index (χ4n) is 2.06. The fourth-order valence-corrected chi connectivity index (χ4v) is 2.06. The van der Waals surface area contributed by atoms with Crippen LogP contribution in [0.25, 0.3) is 11.3 Å². The molecule has 1 aromatic heterocycles. The molecule has 5 heteroatoms. The van der Waals surface area contributed by atoms with E-state index in [1.54, 1.807) is 13.3 Å². The molecular formula is C14H19N3O2. The van der Waals surface area contributed by atoms with Crippen molar-refractivity contribution in [2.45, 2.75) is 6.42 Å². The Morgan fingerprint density at radius 1 is 1.42 bits per heavy atom. The van der Waals surface area contributed by atoms with E-state index in [1.807, 2.05) is 24.3 Å². The van der Waals surface area contributed by atoms with Crippen LogP contribution in [0.2, 0.25) is 0 Å². The molecule has 0 aliphatic heterocycles. The summed E-state index contributed by atoms with van der Waals surface area (Å²) in [5.74, 6) is 0.862. The summed E-state index contributed by atoms with van der Waals surface area (Å²) in [7, 11) is 1.64. The zero-order chi connectivity index (χ0) is 13.7. The minimum Gasteiger partial charge on any atom is -0.496 e. The summed E-state index contributed by atoms with van der Waals surface area (Å²) in [5, 5.41) is 16.1. The van der Waals surface area contributed by atoms with E-state index in [1.165, 1.54) is 0 Å². The van der Waals surface area contributed by atoms with Crippen LogP contribution in [0.1, 0.15) is 5.56 Å². The van der Waals surface area contributed by atoms with Gasteiger partial charge in [-0.2, -0.15) is 5.10 Å². The number of hydrogen-bond acceptors (Lipinski definition) is 4. The fraction of sp³-hybridized carbons (Fsp3) is 0.357. The van der Waals surface area contributed by atoms with Crippen molar-refractivity contribution in [3.8, 4) is 17.0 Å². The summed E-state index contributed by atoms with van der Waals surface area (Å²) < 4.78 is 5.36. The van der Waals surface area contributed by atoms with Crippen LogP contribution < -0.4 is 10.5 Å². The molecule has 19 heavy (non-hydrogen) atoms. The minimum atomic E-state index is 0.0471. The zero-order valence-electron chi connectivity index (χ0n) is 11.0. The summed E-state index contributed by atoms with van der Waals surface area (Å²) in [4.78, 5) is 0. The highest BCUT2D eigenvalue weighted by atomic mass is 16.5. The van der Waals surface area contributed by atoms with Crippen molar-refractivity contribution in [3.63, 3.8) is 0 Å². The number of aromatic nitrogens is 2. The Morgan fingerprint density at radius 2 is 2.26 bits per heavy atom. The van der Waals surface area contributed by atoms with Gasteiger partial charge in [0.25, 0.3) is 0 Å². The lowest BCUT2D eigenvalue weighted by Gasteiger charge is -2.15. The number of nitrogens with zero attached hydrogens (tertiary/aromatic N) is 1. The Hall–Kier alpha value is -1.85. The molecule has 4 N–H and O–H groups in total. The maximum Gasteiger partial charge on any atom is 0.122 e. The first-order valence-electron chi connectivity index (χ1n) is 6.26. The van der Waals surface area contributed by atoms with Gasteiger partial charge in [0.1, 0.15) is 5.75 Å². The molecular weight excluding hydrogens is 242 g/mol. The van der Waals surface area contributed by atoms with Gasteiger partial charge in [-0.25, -0.2) is 0 Å². The van der Waals surface area contributed by atoms with Gasteiger partial charge in [-0.05, 0) is 48.7 Å². The number of methoxy groups -OCH3 is 1. The molecule has 2 aromatic rings. The van der Waals surface area contributed by atoms with Crippen LogP contribution in [0.5, 0.6) is 5.75 Å². The average Bonchev–Trinajstić information content (AvgIpc) is 2.98. The first-order chi connectivity index (χ1) is 9.28. The van der Waals surface area contributed by atoms with Gasteiger partial charge in [-0.15, -0.1) is 0 Å². The predicted octanol–water partition coefficient (Wildman–Crippen LogP) is 1.19. The van der Waals surface area contributed by atoms with Crippen molar-refractivity contribution in [1.29, 1.82) is 0 Å². The molecule has 5 nitrogen and oxygen atoms in total. The number of nitrogens with one attached hydrogen (secondary N) is 1. The Kier molecular flexibility index (Phi) is 4.54. The van der Waals surface area contributed by atoms with Crippen molar-refractivity contribution >= 4 is 0 Å². The number of aliphatic hydroxyl groups is 1. The first-order valence-corrected chi connectivity index (χ1v) is 6.26. The molecule has 0 saturated heterocycles. The second-order valence-electron chi connectivity index (χ2n) is 4.49. The molecule has 0 amide bonds. The highest BCUT2D eigenvalue weighted by Gasteiger charge is 2.12. The maximum absolute atomic E-state index is 9.27. The predicted molar refractivity (Wildman–Crippen MR) is 73.9 cm³/mol. The van der Waals surface area contributed by atoms with E-state index < -0.39 is 0 Å². The van der Waals surface area contributed by atoms with E-state index in [0.717, 1.165) is 22.6 Å². The van der Waals surface area contributed by atoms with Crippen molar-refractivity contribution in [2.24, 2.45) is 11.7 Å². The molecule has 0 aliphatic rings. The normalized spacial score (nSPS) is 12.4. The smallest absolute Gasteiger partial charge is 0.122 e. The molecule has 0 saturated carbocycles. The molecule has 0 fully saturated rings. The number of ether oxygens (including phenoxy) is 1. The van der Waals surface area contributed by atoms with Crippen LogP contribution in [0, 0.1) is 5.92 Å². The van der Waals surface area contributed by atoms with Crippen LogP contribution in [0.3, 0.4) is 0 Å². The number of hydrogen-bond donors (Lipinski definition) is 3. The summed E-state index contributed by atoms with van der Waals surface area (Å²) >= 11 is 0. The number of aromatic amines is 1. The third-order valence-electron chi connectivity index (χ3n) is 3.19. The molecule has 0 aliphatic carbocycles. The molecule has 1 aromatic carbocycles. The Balaban J connectivity index is 2.31. The topological polar surface area (TPSA) is 84.2 Å². The Labute approximate surface area is 112 Å². The van der Waals surface area contributed by atoms with Crippen molar-refractivity contribution < 1.29 is 9.84 Å². The second kappa shape index (κ2) is 6.36. The molecule has 0 spiro atoms. The van der Waals surface area contributed by atoms with Gasteiger partial charge in [0.15, 0.2) is 0 Å². The largest absolute Gasteiger partial charge is 0.496 e. The van der Waals surface area contributed by atoms with Crippen LogP contribution in [0.4, 0.5) is 0 Å². The van der Waals surface area contributed by atoms with Gasteiger partial charge in [0, 0.05) is 18.4 Å². The number of aliphatic hydroxyl groups excluding tert-OH is 1. The molecule has 0 radical (unpaired) electrons. The van der Waals surface area contributed by atoms with Crippen molar-refractivity contribution in [2.75, 3.05) is 20.3 Å². The van der Waals surface area contributed by atoms with Crippen molar-refractivity contribution in [3.05, 3.63) is 36.0 Å². The molecule has 1 heterocycles. The van der Waals surface area contributed by atoms with E-state index in [2.05, 4.69) is 10.2 Å². The molecule has 2 rings (SSSR count). The summed E-state index contributed by atoms with van der Waals surface area (Å²) in [6.07, 6.45) is 2.41.